The number of nitrogens with one attached hydrogen (secondary N) is 1. The standard InChI is InChI=1S/C15H19FN2O3/c16-12-8-10(17)6-7-11(12)14(19)18-13(15(20)21)9-4-2-1-3-5-9/h6-9,13H,1-5,17H2,(H,18,19)(H,20,21). The van der Waals surface area contributed by atoms with E-state index in [0.717, 1.165) is 38.2 Å². The Morgan fingerprint density at radius 2 is 1.95 bits per heavy atom. The van der Waals surface area contributed by atoms with E-state index in [1.165, 1.54) is 12.1 Å². The third-order valence-corrected chi connectivity index (χ3v) is 3.91. The number of hydrogen-bond acceptors (Lipinski definition) is 3. The van der Waals surface area contributed by atoms with Crippen LogP contribution in [0.5, 0.6) is 0 Å². The number of nitrogens with two attached hydrogens (primary N) is 1. The van der Waals surface area contributed by atoms with E-state index >= 15 is 0 Å². The van der Waals surface area contributed by atoms with Crippen molar-refractivity contribution in [3.63, 3.8) is 0 Å². The highest BCUT2D eigenvalue weighted by atomic mass is 19.1. The number of amides is 1. The molecule has 1 atom stereocenters. The summed E-state index contributed by atoms with van der Waals surface area (Å²) < 4.78 is 13.7. The van der Waals surface area contributed by atoms with E-state index in [1.54, 1.807) is 0 Å². The van der Waals surface area contributed by atoms with E-state index in [9.17, 15) is 19.1 Å². The van der Waals surface area contributed by atoms with Crippen molar-refractivity contribution in [3.05, 3.63) is 29.6 Å². The fraction of sp³-hybridized carbons (Fsp3) is 0.467. The number of nitrogen functional groups attached to an aromatic ring is 1. The summed E-state index contributed by atoms with van der Waals surface area (Å²) in [5, 5.41) is 11.7. The Labute approximate surface area is 122 Å². The normalized spacial score (nSPS) is 17.2. The first kappa shape index (κ1) is 15.3. The van der Waals surface area contributed by atoms with Crippen molar-refractivity contribution in [2.24, 2.45) is 5.92 Å². The maximum atomic E-state index is 13.7. The molecule has 4 N–H and O–H groups in total. The number of aliphatic carboxylic acids is 1. The molecule has 0 bridgehead atoms. The first-order chi connectivity index (χ1) is 9.99. The van der Waals surface area contributed by atoms with E-state index in [2.05, 4.69) is 5.32 Å². The molecule has 1 aliphatic rings. The number of carbonyl (C=O) groups excluding carboxylic acids is 1. The zero-order valence-corrected chi connectivity index (χ0v) is 11.6. The van der Waals surface area contributed by atoms with Gasteiger partial charge in [-0.1, -0.05) is 19.3 Å². The highest BCUT2D eigenvalue weighted by molar-refractivity contribution is 5.97. The van der Waals surface area contributed by atoms with Gasteiger partial charge in [-0.25, -0.2) is 9.18 Å². The van der Waals surface area contributed by atoms with Crippen LogP contribution in [0.25, 0.3) is 0 Å². The maximum Gasteiger partial charge on any atom is 0.326 e. The number of anilines is 1. The molecule has 114 valence electrons. The first-order valence-corrected chi connectivity index (χ1v) is 7.07. The SMILES string of the molecule is Nc1ccc(C(=O)NC(C(=O)O)C2CCCCC2)c(F)c1. The number of hydrogen-bond donors (Lipinski definition) is 3. The lowest BCUT2D eigenvalue weighted by Gasteiger charge is -2.28. The third-order valence-electron chi connectivity index (χ3n) is 3.91. The van der Waals surface area contributed by atoms with E-state index in [1.807, 2.05) is 0 Å². The molecule has 0 aliphatic heterocycles. The predicted molar refractivity (Wildman–Crippen MR) is 76.3 cm³/mol. The molecule has 1 saturated carbocycles. The number of carboxylic acids is 1. The van der Waals surface area contributed by atoms with Crippen molar-refractivity contribution in [1.29, 1.82) is 0 Å². The molecule has 1 amide bonds. The van der Waals surface area contributed by atoms with Crippen molar-refractivity contribution in [1.82, 2.24) is 5.32 Å². The number of carbonyl (C=O) groups is 2. The second kappa shape index (κ2) is 6.56. The molecule has 21 heavy (non-hydrogen) atoms. The molecule has 0 saturated heterocycles. The Morgan fingerprint density at radius 1 is 1.29 bits per heavy atom. The van der Waals surface area contributed by atoms with Crippen LogP contribution in [0, 0.1) is 11.7 Å². The van der Waals surface area contributed by atoms with Gasteiger partial charge in [0.2, 0.25) is 0 Å². The number of carboxylic acid groups (broad SMARTS) is 1. The van der Waals surface area contributed by atoms with Crippen molar-refractivity contribution < 1.29 is 19.1 Å². The average Bonchev–Trinajstić information content (AvgIpc) is 2.45. The van der Waals surface area contributed by atoms with Crippen molar-refractivity contribution in [2.75, 3.05) is 5.73 Å². The van der Waals surface area contributed by atoms with Crippen LogP contribution in [0.1, 0.15) is 42.5 Å². The largest absolute Gasteiger partial charge is 0.480 e. The molecule has 0 spiro atoms. The van der Waals surface area contributed by atoms with Crippen LogP contribution in [0.3, 0.4) is 0 Å². The van der Waals surface area contributed by atoms with Gasteiger partial charge < -0.3 is 16.2 Å². The average molecular weight is 294 g/mol. The Balaban J connectivity index is 2.12. The third kappa shape index (κ3) is 3.71. The zero-order valence-electron chi connectivity index (χ0n) is 11.6. The predicted octanol–water partition coefficient (Wildman–Crippen LogP) is 2.17. The van der Waals surface area contributed by atoms with Crippen LogP contribution >= 0.6 is 0 Å². The number of halogens is 1. The summed E-state index contributed by atoms with van der Waals surface area (Å²) in [5.74, 6) is -2.64. The first-order valence-electron chi connectivity index (χ1n) is 7.07. The molecular formula is C15H19FN2O3. The molecule has 2 rings (SSSR count). The summed E-state index contributed by atoms with van der Waals surface area (Å²) in [6, 6.07) is 2.74. The van der Waals surface area contributed by atoms with Gasteiger partial charge in [-0.3, -0.25) is 4.79 Å². The number of benzene rings is 1. The Hall–Kier alpha value is -2.11. The second-order valence-electron chi connectivity index (χ2n) is 5.43. The van der Waals surface area contributed by atoms with Gasteiger partial charge in [-0.05, 0) is 37.0 Å². The fourth-order valence-corrected chi connectivity index (χ4v) is 2.78. The lowest BCUT2D eigenvalue weighted by Crippen LogP contribution is -2.46. The summed E-state index contributed by atoms with van der Waals surface area (Å²) >= 11 is 0. The molecule has 1 aromatic carbocycles. The van der Waals surface area contributed by atoms with Crippen molar-refractivity contribution >= 4 is 17.6 Å². The van der Waals surface area contributed by atoms with E-state index < -0.39 is 23.7 Å². The minimum absolute atomic E-state index is 0.1000. The van der Waals surface area contributed by atoms with Gasteiger partial charge in [0.25, 0.3) is 5.91 Å². The molecular weight excluding hydrogens is 275 g/mol. The molecule has 1 fully saturated rings. The molecule has 0 aromatic heterocycles. The molecule has 0 heterocycles. The summed E-state index contributed by atoms with van der Waals surface area (Å²) in [6.07, 6.45) is 4.54. The fourth-order valence-electron chi connectivity index (χ4n) is 2.78. The monoisotopic (exact) mass is 294 g/mol. The van der Waals surface area contributed by atoms with Gasteiger partial charge >= 0.3 is 5.97 Å². The van der Waals surface area contributed by atoms with Crippen LogP contribution in [-0.4, -0.2) is 23.0 Å². The quantitative estimate of drug-likeness (QED) is 0.742. The highest BCUT2D eigenvalue weighted by Gasteiger charge is 2.31. The summed E-state index contributed by atoms with van der Waals surface area (Å²) in [4.78, 5) is 23.5. The van der Waals surface area contributed by atoms with Crippen LogP contribution in [0.15, 0.2) is 18.2 Å². The van der Waals surface area contributed by atoms with Crippen molar-refractivity contribution in [3.8, 4) is 0 Å². The van der Waals surface area contributed by atoms with Crippen molar-refractivity contribution in [2.45, 2.75) is 38.1 Å². The van der Waals surface area contributed by atoms with Gasteiger partial charge in [-0.2, -0.15) is 0 Å². The van der Waals surface area contributed by atoms with Crippen LogP contribution in [0.2, 0.25) is 0 Å². The zero-order chi connectivity index (χ0) is 15.4. The lowest BCUT2D eigenvalue weighted by molar-refractivity contribution is -0.141. The second-order valence-corrected chi connectivity index (χ2v) is 5.43. The molecule has 1 aliphatic carbocycles. The lowest BCUT2D eigenvalue weighted by atomic mass is 9.84. The van der Waals surface area contributed by atoms with Gasteiger partial charge in [-0.15, -0.1) is 0 Å². The molecule has 1 aromatic rings. The van der Waals surface area contributed by atoms with E-state index in [4.69, 9.17) is 5.73 Å². The van der Waals surface area contributed by atoms with Gasteiger partial charge in [0.15, 0.2) is 0 Å². The van der Waals surface area contributed by atoms with Crippen LogP contribution in [0.4, 0.5) is 10.1 Å². The molecule has 0 radical (unpaired) electrons. The summed E-state index contributed by atoms with van der Waals surface area (Å²) in [5.41, 5.74) is 5.45. The highest BCUT2D eigenvalue weighted by Crippen LogP contribution is 2.27. The number of rotatable bonds is 4. The van der Waals surface area contributed by atoms with E-state index in [0.29, 0.717) is 0 Å². The van der Waals surface area contributed by atoms with E-state index in [-0.39, 0.29) is 17.2 Å². The molecule has 5 nitrogen and oxygen atoms in total. The minimum Gasteiger partial charge on any atom is -0.480 e. The topological polar surface area (TPSA) is 92.4 Å². The Morgan fingerprint density at radius 3 is 2.52 bits per heavy atom. The Bertz CT molecular complexity index is 542. The van der Waals surface area contributed by atoms with Crippen LogP contribution < -0.4 is 11.1 Å². The van der Waals surface area contributed by atoms with Gasteiger partial charge in [0.05, 0.1) is 5.56 Å². The smallest absolute Gasteiger partial charge is 0.326 e. The van der Waals surface area contributed by atoms with Gasteiger partial charge in [0, 0.05) is 5.69 Å². The summed E-state index contributed by atoms with van der Waals surface area (Å²) in [7, 11) is 0. The Kier molecular flexibility index (Phi) is 4.77. The maximum absolute atomic E-state index is 13.7. The minimum atomic E-state index is -1.08. The molecule has 1 unspecified atom stereocenters. The molecule has 6 heteroatoms. The summed E-state index contributed by atoms with van der Waals surface area (Å²) in [6.45, 7) is 0. The van der Waals surface area contributed by atoms with Gasteiger partial charge in [0.1, 0.15) is 11.9 Å². The van der Waals surface area contributed by atoms with Crippen LogP contribution in [-0.2, 0) is 4.79 Å².